The van der Waals surface area contributed by atoms with Crippen LogP contribution >= 0.6 is 0 Å². The third-order valence-electron chi connectivity index (χ3n) is 6.42. The summed E-state index contributed by atoms with van der Waals surface area (Å²) < 4.78 is 0. The fourth-order valence-corrected chi connectivity index (χ4v) is 4.70. The maximum Gasteiger partial charge on any atom is 0.119 e. The van der Waals surface area contributed by atoms with Gasteiger partial charge in [0.2, 0.25) is 0 Å². The number of phenols is 3. The lowest BCUT2D eigenvalue weighted by atomic mass is 9.79. The topological polar surface area (TPSA) is 60.7 Å². The van der Waals surface area contributed by atoms with Crippen LogP contribution in [0.4, 0.5) is 0 Å². The summed E-state index contributed by atoms with van der Waals surface area (Å²) in [6, 6.07) is 28.5. The minimum absolute atomic E-state index is 0.0478. The highest BCUT2D eigenvalue weighted by molar-refractivity contribution is 5.78. The van der Waals surface area contributed by atoms with E-state index in [0.29, 0.717) is 0 Å². The van der Waals surface area contributed by atoms with Crippen LogP contribution in [-0.2, 0) is 0 Å². The van der Waals surface area contributed by atoms with Crippen LogP contribution in [0.15, 0.2) is 109 Å². The molecule has 3 N–H and O–H groups in total. The summed E-state index contributed by atoms with van der Waals surface area (Å²) in [4.78, 5) is 0. The first-order chi connectivity index (χ1) is 16.5. The molecule has 0 aromatic heterocycles. The van der Waals surface area contributed by atoms with Crippen molar-refractivity contribution >= 4 is 5.57 Å². The first kappa shape index (κ1) is 21.6. The number of phenolic OH excluding ortho intramolecular Hbond substituents is 3. The molecule has 0 saturated carbocycles. The van der Waals surface area contributed by atoms with Crippen molar-refractivity contribution in [3.05, 3.63) is 131 Å². The SMILES string of the molecule is Cc1cccc(C(c2cc(-c3ccc(O)cc3)ccc2O)C2C=CC(c3ccc(O)cc3)=C2)c1. The molecule has 3 nitrogen and oxygen atoms in total. The number of aryl methyl sites for hydroxylation is 1. The van der Waals surface area contributed by atoms with E-state index in [4.69, 9.17) is 0 Å². The van der Waals surface area contributed by atoms with Crippen molar-refractivity contribution in [1.82, 2.24) is 0 Å². The van der Waals surface area contributed by atoms with Crippen LogP contribution in [0, 0.1) is 12.8 Å². The molecule has 0 aliphatic heterocycles. The predicted molar refractivity (Wildman–Crippen MR) is 137 cm³/mol. The highest BCUT2D eigenvalue weighted by Gasteiger charge is 2.27. The van der Waals surface area contributed by atoms with E-state index in [1.165, 1.54) is 5.56 Å². The number of allylic oxidation sites excluding steroid dienone is 4. The Morgan fingerprint density at radius 3 is 2.00 bits per heavy atom. The van der Waals surface area contributed by atoms with Crippen molar-refractivity contribution in [2.75, 3.05) is 0 Å². The van der Waals surface area contributed by atoms with E-state index in [1.54, 1.807) is 30.3 Å². The fraction of sp³-hybridized carbons (Fsp3) is 0.0968. The van der Waals surface area contributed by atoms with Crippen molar-refractivity contribution in [3.8, 4) is 28.4 Å². The molecule has 0 radical (unpaired) electrons. The minimum Gasteiger partial charge on any atom is -0.508 e. The molecule has 0 spiro atoms. The third-order valence-corrected chi connectivity index (χ3v) is 6.42. The van der Waals surface area contributed by atoms with Gasteiger partial charge in [0.1, 0.15) is 17.2 Å². The Morgan fingerprint density at radius 1 is 0.676 bits per heavy atom. The van der Waals surface area contributed by atoms with Gasteiger partial charge in [-0.25, -0.2) is 0 Å². The molecule has 0 bridgehead atoms. The van der Waals surface area contributed by atoms with Gasteiger partial charge in [-0.3, -0.25) is 0 Å². The van der Waals surface area contributed by atoms with Gasteiger partial charge in [-0.15, -0.1) is 0 Å². The second-order valence-electron chi connectivity index (χ2n) is 8.82. The standard InChI is InChI=1S/C31H26O3/c1-20-3-2-4-25(17-20)31(26-6-5-23(18-26)21-7-12-27(32)13-8-21)29-19-24(11-16-30(29)34)22-9-14-28(33)15-10-22/h2-19,26,31-34H,1H3. The molecule has 2 atom stereocenters. The van der Waals surface area contributed by atoms with Gasteiger partial charge in [0, 0.05) is 17.4 Å². The van der Waals surface area contributed by atoms with Crippen LogP contribution in [0.3, 0.4) is 0 Å². The Bertz CT molecular complexity index is 1380. The normalized spacial score (nSPS) is 15.8. The van der Waals surface area contributed by atoms with Gasteiger partial charge < -0.3 is 15.3 Å². The van der Waals surface area contributed by atoms with Gasteiger partial charge in [-0.1, -0.05) is 78.4 Å². The molecule has 0 fully saturated rings. The molecule has 4 aromatic carbocycles. The average Bonchev–Trinajstić information content (AvgIpc) is 3.31. The van der Waals surface area contributed by atoms with Crippen molar-refractivity contribution in [2.45, 2.75) is 12.8 Å². The lowest BCUT2D eigenvalue weighted by Gasteiger charge is -2.24. The van der Waals surface area contributed by atoms with Gasteiger partial charge in [0.15, 0.2) is 0 Å². The van der Waals surface area contributed by atoms with Crippen LogP contribution in [0.2, 0.25) is 0 Å². The van der Waals surface area contributed by atoms with Gasteiger partial charge in [-0.2, -0.15) is 0 Å². The van der Waals surface area contributed by atoms with Crippen molar-refractivity contribution in [3.63, 3.8) is 0 Å². The van der Waals surface area contributed by atoms with E-state index in [0.717, 1.165) is 33.4 Å². The Labute approximate surface area is 199 Å². The molecule has 1 aliphatic rings. The summed E-state index contributed by atoms with van der Waals surface area (Å²) in [7, 11) is 0. The molecule has 3 heteroatoms. The molecule has 168 valence electrons. The highest BCUT2D eigenvalue weighted by Crippen LogP contribution is 2.43. The molecular weight excluding hydrogens is 420 g/mol. The number of rotatable bonds is 5. The van der Waals surface area contributed by atoms with Gasteiger partial charge >= 0.3 is 0 Å². The second kappa shape index (κ2) is 8.95. The van der Waals surface area contributed by atoms with Crippen molar-refractivity contribution in [1.29, 1.82) is 0 Å². The lowest BCUT2D eigenvalue weighted by Crippen LogP contribution is -2.10. The zero-order valence-corrected chi connectivity index (χ0v) is 18.9. The van der Waals surface area contributed by atoms with Crippen LogP contribution in [0.5, 0.6) is 17.2 Å². The quantitative estimate of drug-likeness (QED) is 0.304. The average molecular weight is 447 g/mol. The van der Waals surface area contributed by atoms with Crippen molar-refractivity contribution in [2.24, 2.45) is 5.92 Å². The molecular formula is C31H26O3. The molecule has 0 saturated heterocycles. The molecule has 4 aromatic rings. The Kier molecular flexibility index (Phi) is 5.69. The third kappa shape index (κ3) is 4.33. The maximum absolute atomic E-state index is 11.0. The van der Waals surface area contributed by atoms with E-state index < -0.39 is 0 Å². The maximum atomic E-state index is 11.0. The molecule has 2 unspecified atom stereocenters. The first-order valence-corrected chi connectivity index (χ1v) is 11.4. The Hall–Kier alpha value is -4.24. The lowest BCUT2D eigenvalue weighted by molar-refractivity contribution is 0.461. The fourth-order valence-electron chi connectivity index (χ4n) is 4.70. The summed E-state index contributed by atoms with van der Waals surface area (Å²) >= 11 is 0. The predicted octanol–water partition coefficient (Wildman–Crippen LogP) is 7.18. The van der Waals surface area contributed by atoms with Crippen LogP contribution in [0.1, 0.15) is 28.2 Å². The number of hydrogen-bond donors (Lipinski definition) is 3. The van der Waals surface area contributed by atoms with Crippen molar-refractivity contribution < 1.29 is 15.3 Å². The zero-order chi connectivity index (χ0) is 23.7. The zero-order valence-electron chi connectivity index (χ0n) is 18.9. The monoisotopic (exact) mass is 446 g/mol. The van der Waals surface area contributed by atoms with Crippen LogP contribution < -0.4 is 0 Å². The van der Waals surface area contributed by atoms with Crippen LogP contribution in [-0.4, -0.2) is 15.3 Å². The van der Waals surface area contributed by atoms with Gasteiger partial charge in [0.25, 0.3) is 0 Å². The molecule has 34 heavy (non-hydrogen) atoms. The summed E-state index contributed by atoms with van der Waals surface area (Å²) in [6.07, 6.45) is 6.52. The molecule has 5 rings (SSSR count). The first-order valence-electron chi connectivity index (χ1n) is 11.4. The number of hydrogen-bond acceptors (Lipinski definition) is 3. The Balaban J connectivity index is 1.61. The summed E-state index contributed by atoms with van der Waals surface area (Å²) in [5.74, 6) is 0.697. The number of benzene rings is 4. The number of aromatic hydroxyl groups is 3. The summed E-state index contributed by atoms with van der Waals surface area (Å²) in [5, 5.41) is 30.3. The van der Waals surface area contributed by atoms with E-state index in [1.807, 2.05) is 30.3 Å². The molecule has 0 heterocycles. The molecule has 0 amide bonds. The Morgan fingerprint density at radius 2 is 1.32 bits per heavy atom. The van der Waals surface area contributed by atoms with E-state index >= 15 is 0 Å². The van der Waals surface area contributed by atoms with Crippen LogP contribution in [0.25, 0.3) is 16.7 Å². The van der Waals surface area contributed by atoms with E-state index in [2.05, 4.69) is 55.5 Å². The summed E-state index contributed by atoms with van der Waals surface area (Å²) in [5.41, 5.74) is 7.25. The molecule has 1 aliphatic carbocycles. The summed E-state index contributed by atoms with van der Waals surface area (Å²) in [6.45, 7) is 2.08. The highest BCUT2D eigenvalue weighted by atomic mass is 16.3. The smallest absolute Gasteiger partial charge is 0.119 e. The second-order valence-corrected chi connectivity index (χ2v) is 8.82. The van der Waals surface area contributed by atoms with Gasteiger partial charge in [0.05, 0.1) is 0 Å². The van der Waals surface area contributed by atoms with E-state index in [-0.39, 0.29) is 29.1 Å². The van der Waals surface area contributed by atoms with Gasteiger partial charge in [-0.05, 0) is 71.1 Å². The largest absolute Gasteiger partial charge is 0.508 e. The van der Waals surface area contributed by atoms with E-state index in [9.17, 15) is 15.3 Å². The minimum atomic E-state index is -0.0807.